The summed E-state index contributed by atoms with van der Waals surface area (Å²) in [5.41, 5.74) is 2.07. The van der Waals surface area contributed by atoms with Crippen LogP contribution >= 0.6 is 0 Å². The number of rotatable bonds is 6. The third-order valence-corrected chi connectivity index (χ3v) is 3.98. The predicted octanol–water partition coefficient (Wildman–Crippen LogP) is 3.48. The minimum Gasteiger partial charge on any atom is -0.504 e. The Morgan fingerprint density at radius 1 is 1.26 bits per heavy atom. The second kappa shape index (κ2) is 6.16. The van der Waals surface area contributed by atoms with E-state index >= 15 is 0 Å². The standard InChI is InChI=1S/C17H18N2O4/c1-23-17-10-12(2-9-16(17)20)11-18(13-3-4-13)14-5-7-15(8-6-14)19(21)22/h2,5-10,13,20H,3-4,11H2,1H3. The summed E-state index contributed by atoms with van der Waals surface area (Å²) in [7, 11) is 1.52. The Kier molecular flexibility index (Phi) is 4.06. The number of nitro groups is 1. The van der Waals surface area contributed by atoms with Crippen molar-refractivity contribution >= 4 is 11.4 Å². The highest BCUT2D eigenvalue weighted by molar-refractivity contribution is 5.53. The van der Waals surface area contributed by atoms with Gasteiger partial charge in [0, 0.05) is 30.4 Å². The molecule has 0 radical (unpaired) electrons. The molecule has 1 aliphatic rings. The highest BCUT2D eigenvalue weighted by Gasteiger charge is 2.29. The highest BCUT2D eigenvalue weighted by atomic mass is 16.6. The molecule has 120 valence electrons. The minimum atomic E-state index is -0.393. The number of aromatic hydroxyl groups is 1. The zero-order valence-corrected chi connectivity index (χ0v) is 12.8. The monoisotopic (exact) mass is 314 g/mol. The number of non-ortho nitro benzene ring substituents is 1. The zero-order chi connectivity index (χ0) is 16.4. The summed E-state index contributed by atoms with van der Waals surface area (Å²) in [6.45, 7) is 0.666. The number of anilines is 1. The maximum atomic E-state index is 10.8. The van der Waals surface area contributed by atoms with Crippen molar-refractivity contribution in [3.05, 3.63) is 58.1 Å². The second-order valence-corrected chi connectivity index (χ2v) is 5.64. The Labute approximate surface area is 134 Å². The lowest BCUT2D eigenvalue weighted by Crippen LogP contribution is -2.24. The molecule has 0 bridgehead atoms. The molecule has 1 N–H and O–H groups in total. The van der Waals surface area contributed by atoms with E-state index < -0.39 is 4.92 Å². The van der Waals surface area contributed by atoms with Gasteiger partial charge in [-0.05, 0) is 42.7 Å². The van der Waals surface area contributed by atoms with Crippen LogP contribution in [0.1, 0.15) is 18.4 Å². The molecule has 1 aliphatic carbocycles. The molecule has 6 nitrogen and oxygen atoms in total. The molecule has 0 saturated heterocycles. The number of ether oxygens (including phenoxy) is 1. The van der Waals surface area contributed by atoms with Gasteiger partial charge in [0.1, 0.15) is 0 Å². The summed E-state index contributed by atoms with van der Waals surface area (Å²) in [5.74, 6) is 0.562. The number of methoxy groups -OCH3 is 1. The molecular formula is C17H18N2O4. The van der Waals surface area contributed by atoms with E-state index in [9.17, 15) is 15.2 Å². The molecule has 2 aromatic carbocycles. The number of hydrogen-bond acceptors (Lipinski definition) is 5. The predicted molar refractivity (Wildman–Crippen MR) is 87.0 cm³/mol. The van der Waals surface area contributed by atoms with Gasteiger partial charge in [-0.15, -0.1) is 0 Å². The van der Waals surface area contributed by atoms with Gasteiger partial charge in [0.05, 0.1) is 12.0 Å². The minimum absolute atomic E-state index is 0.0933. The molecule has 6 heteroatoms. The fourth-order valence-corrected chi connectivity index (χ4v) is 2.60. The summed E-state index contributed by atoms with van der Waals surface area (Å²) in [6.07, 6.45) is 2.23. The fraction of sp³-hybridized carbons (Fsp3) is 0.294. The molecule has 0 aliphatic heterocycles. The quantitative estimate of drug-likeness (QED) is 0.652. The van der Waals surface area contributed by atoms with Gasteiger partial charge in [0.25, 0.3) is 5.69 Å². The van der Waals surface area contributed by atoms with E-state index in [1.807, 2.05) is 12.1 Å². The van der Waals surface area contributed by atoms with Crippen molar-refractivity contribution in [3.63, 3.8) is 0 Å². The normalized spacial score (nSPS) is 13.6. The lowest BCUT2D eigenvalue weighted by Gasteiger charge is -2.25. The lowest BCUT2D eigenvalue weighted by atomic mass is 10.1. The molecular weight excluding hydrogens is 296 g/mol. The molecule has 3 rings (SSSR count). The smallest absolute Gasteiger partial charge is 0.269 e. The Bertz CT molecular complexity index is 711. The maximum absolute atomic E-state index is 10.8. The third-order valence-electron chi connectivity index (χ3n) is 3.98. The topological polar surface area (TPSA) is 75.8 Å². The van der Waals surface area contributed by atoms with Crippen molar-refractivity contribution in [2.24, 2.45) is 0 Å². The Morgan fingerprint density at radius 3 is 2.52 bits per heavy atom. The van der Waals surface area contributed by atoms with Crippen LogP contribution in [0.5, 0.6) is 11.5 Å². The summed E-state index contributed by atoms with van der Waals surface area (Å²) < 4.78 is 5.15. The zero-order valence-electron chi connectivity index (χ0n) is 12.8. The number of hydrogen-bond donors (Lipinski definition) is 1. The Balaban J connectivity index is 1.83. The van der Waals surface area contributed by atoms with Crippen molar-refractivity contribution in [1.82, 2.24) is 0 Å². The Morgan fingerprint density at radius 2 is 1.96 bits per heavy atom. The van der Waals surface area contributed by atoms with Crippen molar-refractivity contribution in [2.45, 2.75) is 25.4 Å². The van der Waals surface area contributed by atoms with Crippen LogP contribution in [0.4, 0.5) is 11.4 Å². The van der Waals surface area contributed by atoms with E-state index in [-0.39, 0.29) is 11.4 Å². The van der Waals surface area contributed by atoms with Gasteiger partial charge in [-0.2, -0.15) is 0 Å². The van der Waals surface area contributed by atoms with Crippen LogP contribution in [0.3, 0.4) is 0 Å². The van der Waals surface area contributed by atoms with E-state index in [1.165, 1.54) is 19.2 Å². The summed E-state index contributed by atoms with van der Waals surface area (Å²) in [6, 6.07) is 12.4. The molecule has 0 amide bonds. The molecule has 1 fully saturated rings. The molecule has 23 heavy (non-hydrogen) atoms. The molecule has 0 unspecified atom stereocenters. The number of benzene rings is 2. The van der Waals surface area contributed by atoms with E-state index in [4.69, 9.17) is 4.74 Å². The first-order chi connectivity index (χ1) is 11.1. The van der Waals surface area contributed by atoms with Crippen molar-refractivity contribution in [1.29, 1.82) is 0 Å². The molecule has 0 aromatic heterocycles. The number of phenols is 1. The van der Waals surface area contributed by atoms with Crippen LogP contribution in [0.25, 0.3) is 0 Å². The van der Waals surface area contributed by atoms with Gasteiger partial charge in [-0.3, -0.25) is 10.1 Å². The fourth-order valence-electron chi connectivity index (χ4n) is 2.60. The van der Waals surface area contributed by atoms with Gasteiger partial charge in [0.2, 0.25) is 0 Å². The molecule has 0 heterocycles. The van der Waals surface area contributed by atoms with E-state index in [0.29, 0.717) is 18.3 Å². The van der Waals surface area contributed by atoms with Gasteiger partial charge in [0.15, 0.2) is 11.5 Å². The van der Waals surface area contributed by atoms with Crippen molar-refractivity contribution < 1.29 is 14.8 Å². The summed E-state index contributed by atoms with van der Waals surface area (Å²) in [5, 5.41) is 20.5. The van der Waals surface area contributed by atoms with Crippen LogP contribution in [-0.2, 0) is 6.54 Å². The van der Waals surface area contributed by atoms with Crippen LogP contribution < -0.4 is 9.64 Å². The molecule has 0 spiro atoms. The molecule has 1 saturated carbocycles. The van der Waals surface area contributed by atoms with E-state index in [2.05, 4.69) is 4.90 Å². The van der Waals surface area contributed by atoms with Gasteiger partial charge < -0.3 is 14.7 Å². The average Bonchev–Trinajstić information content (AvgIpc) is 3.39. The number of nitrogens with zero attached hydrogens (tertiary/aromatic N) is 2. The van der Waals surface area contributed by atoms with Gasteiger partial charge in [-0.25, -0.2) is 0 Å². The Hall–Kier alpha value is -2.76. The first-order valence-corrected chi connectivity index (χ1v) is 7.45. The first-order valence-electron chi connectivity index (χ1n) is 7.45. The van der Waals surface area contributed by atoms with Crippen molar-refractivity contribution in [2.75, 3.05) is 12.0 Å². The SMILES string of the molecule is COc1cc(CN(c2ccc([N+](=O)[O-])cc2)C2CC2)ccc1O. The largest absolute Gasteiger partial charge is 0.504 e. The van der Waals surface area contributed by atoms with Crippen LogP contribution in [0.15, 0.2) is 42.5 Å². The second-order valence-electron chi connectivity index (χ2n) is 5.64. The summed E-state index contributed by atoms with van der Waals surface area (Å²) in [4.78, 5) is 12.6. The summed E-state index contributed by atoms with van der Waals surface area (Å²) >= 11 is 0. The number of phenolic OH excluding ortho intramolecular Hbond substituents is 1. The molecule has 2 aromatic rings. The lowest BCUT2D eigenvalue weighted by molar-refractivity contribution is -0.384. The highest BCUT2D eigenvalue weighted by Crippen LogP contribution is 2.35. The van der Waals surface area contributed by atoms with Crippen LogP contribution in [0, 0.1) is 10.1 Å². The maximum Gasteiger partial charge on any atom is 0.269 e. The van der Waals surface area contributed by atoms with Gasteiger partial charge >= 0.3 is 0 Å². The van der Waals surface area contributed by atoms with Crippen LogP contribution in [-0.4, -0.2) is 23.2 Å². The average molecular weight is 314 g/mol. The van der Waals surface area contributed by atoms with Crippen LogP contribution in [0.2, 0.25) is 0 Å². The van der Waals surface area contributed by atoms with Gasteiger partial charge in [-0.1, -0.05) is 6.07 Å². The first kappa shape index (κ1) is 15.1. The number of nitro benzene ring substituents is 1. The van der Waals surface area contributed by atoms with E-state index in [0.717, 1.165) is 24.1 Å². The van der Waals surface area contributed by atoms with Crippen molar-refractivity contribution in [3.8, 4) is 11.5 Å². The third kappa shape index (κ3) is 3.36. The van der Waals surface area contributed by atoms with E-state index in [1.54, 1.807) is 18.2 Å². The molecule has 0 atom stereocenters.